The van der Waals surface area contributed by atoms with Crippen LogP contribution in [0.1, 0.15) is 40.0 Å². The van der Waals surface area contributed by atoms with Crippen molar-refractivity contribution in [2.45, 2.75) is 58.3 Å². The molecule has 0 aliphatic carbocycles. The third kappa shape index (κ3) is 3.68. The van der Waals surface area contributed by atoms with Crippen LogP contribution in [0, 0.1) is 0 Å². The van der Waals surface area contributed by atoms with Crippen molar-refractivity contribution in [2.75, 3.05) is 20.6 Å². The Morgan fingerprint density at radius 2 is 2.12 bits per heavy atom. The van der Waals surface area contributed by atoms with Crippen molar-refractivity contribution in [1.29, 1.82) is 0 Å². The average Bonchev–Trinajstić information content (AvgIpc) is 2.52. The summed E-state index contributed by atoms with van der Waals surface area (Å²) in [5.41, 5.74) is 0. The van der Waals surface area contributed by atoms with E-state index in [1.807, 2.05) is 6.92 Å². The molecular formula is C13H27N3O. The minimum Gasteiger partial charge on any atom is -0.323 e. The van der Waals surface area contributed by atoms with Crippen molar-refractivity contribution in [2.24, 2.45) is 0 Å². The fraction of sp³-hybridized carbons (Fsp3) is 0.923. The zero-order valence-electron chi connectivity index (χ0n) is 11.9. The Bertz CT molecular complexity index is 255. The lowest BCUT2D eigenvalue weighted by Gasteiger charge is -2.31. The molecule has 0 aromatic carbocycles. The maximum Gasteiger partial charge on any atom is 0.240 e. The summed E-state index contributed by atoms with van der Waals surface area (Å²) in [4.78, 5) is 16.3. The summed E-state index contributed by atoms with van der Waals surface area (Å²) in [5.74, 6) is 0.259. The van der Waals surface area contributed by atoms with Crippen molar-refractivity contribution >= 4 is 5.91 Å². The Morgan fingerprint density at radius 3 is 2.65 bits per heavy atom. The fourth-order valence-corrected chi connectivity index (χ4v) is 2.42. The maximum atomic E-state index is 12.1. The lowest BCUT2D eigenvalue weighted by molar-refractivity contribution is -0.131. The summed E-state index contributed by atoms with van der Waals surface area (Å²) in [6.45, 7) is 7.31. The van der Waals surface area contributed by atoms with Gasteiger partial charge in [0.25, 0.3) is 0 Å². The number of carbonyl (C=O) groups is 1. The second-order valence-electron chi connectivity index (χ2n) is 5.38. The van der Waals surface area contributed by atoms with Crippen molar-refractivity contribution in [3.05, 3.63) is 0 Å². The molecule has 0 aromatic rings. The van der Waals surface area contributed by atoms with E-state index in [9.17, 15) is 4.79 Å². The predicted molar refractivity (Wildman–Crippen MR) is 70.8 cm³/mol. The van der Waals surface area contributed by atoms with Crippen LogP contribution in [0.5, 0.6) is 0 Å². The topological polar surface area (TPSA) is 35.6 Å². The highest BCUT2D eigenvalue weighted by atomic mass is 16.2. The molecule has 1 amide bonds. The Labute approximate surface area is 105 Å². The minimum atomic E-state index is -0.0200. The van der Waals surface area contributed by atoms with E-state index in [0.29, 0.717) is 6.04 Å². The molecule has 1 aliphatic rings. The lowest BCUT2D eigenvalue weighted by atomic mass is 10.1. The van der Waals surface area contributed by atoms with Gasteiger partial charge in [-0.1, -0.05) is 13.3 Å². The van der Waals surface area contributed by atoms with E-state index in [2.05, 4.69) is 43.1 Å². The summed E-state index contributed by atoms with van der Waals surface area (Å²) in [6, 6.07) is 0.298. The van der Waals surface area contributed by atoms with Gasteiger partial charge in [-0.2, -0.15) is 0 Å². The Kier molecular flexibility index (Phi) is 5.40. The summed E-state index contributed by atoms with van der Waals surface area (Å²) < 4.78 is 0. The summed E-state index contributed by atoms with van der Waals surface area (Å²) >= 11 is 0. The first kappa shape index (κ1) is 14.5. The first-order valence-corrected chi connectivity index (χ1v) is 6.70. The zero-order chi connectivity index (χ0) is 13.0. The van der Waals surface area contributed by atoms with E-state index >= 15 is 0 Å². The first-order chi connectivity index (χ1) is 7.97. The van der Waals surface area contributed by atoms with E-state index in [4.69, 9.17) is 0 Å². The SMILES string of the molecule is CCCC1NC(C)C(=O)N1C(C)CCN(C)C. The molecule has 100 valence electrons. The van der Waals surface area contributed by atoms with E-state index in [1.165, 1.54) is 0 Å². The summed E-state index contributed by atoms with van der Waals surface area (Å²) in [7, 11) is 4.14. The van der Waals surface area contributed by atoms with E-state index in [0.717, 1.165) is 25.8 Å². The third-order valence-electron chi connectivity index (χ3n) is 3.43. The number of hydrogen-bond acceptors (Lipinski definition) is 3. The standard InChI is InChI=1S/C13H27N3O/c1-6-7-12-14-11(3)13(17)16(12)10(2)8-9-15(4)5/h10-12,14H,6-9H2,1-5H3. The van der Waals surface area contributed by atoms with Gasteiger partial charge in [-0.25, -0.2) is 0 Å². The highest BCUT2D eigenvalue weighted by molar-refractivity contribution is 5.84. The highest BCUT2D eigenvalue weighted by Crippen LogP contribution is 2.19. The van der Waals surface area contributed by atoms with Gasteiger partial charge in [0, 0.05) is 6.04 Å². The van der Waals surface area contributed by atoms with Crippen LogP contribution in [0.2, 0.25) is 0 Å². The summed E-state index contributed by atoms with van der Waals surface area (Å²) in [6.07, 6.45) is 3.42. The lowest BCUT2D eigenvalue weighted by Crippen LogP contribution is -2.44. The molecular weight excluding hydrogens is 214 g/mol. The Hall–Kier alpha value is -0.610. The molecule has 1 aliphatic heterocycles. The summed E-state index contributed by atoms with van der Waals surface area (Å²) in [5, 5.41) is 3.39. The van der Waals surface area contributed by atoms with Crippen LogP contribution in [0.15, 0.2) is 0 Å². The Balaban J connectivity index is 2.60. The highest BCUT2D eigenvalue weighted by Gasteiger charge is 2.37. The smallest absolute Gasteiger partial charge is 0.240 e. The van der Waals surface area contributed by atoms with Crippen LogP contribution in [0.25, 0.3) is 0 Å². The maximum absolute atomic E-state index is 12.1. The average molecular weight is 241 g/mol. The molecule has 1 rings (SSSR count). The normalized spacial score (nSPS) is 26.9. The van der Waals surface area contributed by atoms with Gasteiger partial charge in [0.15, 0.2) is 0 Å². The second kappa shape index (κ2) is 6.36. The molecule has 1 N–H and O–H groups in total. The molecule has 0 spiro atoms. The first-order valence-electron chi connectivity index (χ1n) is 6.70. The predicted octanol–water partition coefficient (Wildman–Crippen LogP) is 1.27. The molecule has 1 heterocycles. The van der Waals surface area contributed by atoms with Crippen molar-refractivity contribution < 1.29 is 4.79 Å². The van der Waals surface area contributed by atoms with Crippen molar-refractivity contribution in [1.82, 2.24) is 15.1 Å². The third-order valence-corrected chi connectivity index (χ3v) is 3.43. The van der Waals surface area contributed by atoms with E-state index in [-0.39, 0.29) is 18.1 Å². The fourth-order valence-electron chi connectivity index (χ4n) is 2.42. The largest absolute Gasteiger partial charge is 0.323 e. The van der Waals surface area contributed by atoms with Crippen LogP contribution in [-0.4, -0.2) is 54.6 Å². The van der Waals surface area contributed by atoms with Crippen LogP contribution >= 0.6 is 0 Å². The van der Waals surface area contributed by atoms with Gasteiger partial charge < -0.3 is 9.80 Å². The molecule has 3 atom stereocenters. The van der Waals surface area contributed by atoms with Crippen LogP contribution in [0.4, 0.5) is 0 Å². The van der Waals surface area contributed by atoms with Crippen LogP contribution in [-0.2, 0) is 4.79 Å². The number of hydrogen-bond donors (Lipinski definition) is 1. The number of rotatable bonds is 6. The van der Waals surface area contributed by atoms with Gasteiger partial charge in [-0.05, 0) is 47.3 Å². The number of carbonyl (C=O) groups excluding carboxylic acids is 1. The van der Waals surface area contributed by atoms with E-state index in [1.54, 1.807) is 0 Å². The number of nitrogens with zero attached hydrogens (tertiary/aromatic N) is 2. The molecule has 4 nitrogen and oxygen atoms in total. The van der Waals surface area contributed by atoms with E-state index < -0.39 is 0 Å². The van der Waals surface area contributed by atoms with Crippen LogP contribution < -0.4 is 5.32 Å². The van der Waals surface area contributed by atoms with Gasteiger partial charge >= 0.3 is 0 Å². The quantitative estimate of drug-likeness (QED) is 0.761. The molecule has 3 unspecified atom stereocenters. The molecule has 4 heteroatoms. The van der Waals surface area contributed by atoms with Gasteiger partial charge in [0.05, 0.1) is 12.2 Å². The molecule has 0 aromatic heterocycles. The zero-order valence-corrected chi connectivity index (χ0v) is 11.9. The van der Waals surface area contributed by atoms with Crippen molar-refractivity contribution in [3.63, 3.8) is 0 Å². The molecule has 0 radical (unpaired) electrons. The number of amides is 1. The van der Waals surface area contributed by atoms with Crippen LogP contribution in [0.3, 0.4) is 0 Å². The minimum absolute atomic E-state index is 0.0200. The van der Waals surface area contributed by atoms with Gasteiger partial charge in [-0.15, -0.1) is 0 Å². The van der Waals surface area contributed by atoms with Gasteiger partial charge in [-0.3, -0.25) is 10.1 Å². The van der Waals surface area contributed by atoms with Gasteiger partial charge in [0.1, 0.15) is 0 Å². The monoisotopic (exact) mass is 241 g/mol. The number of nitrogens with one attached hydrogen (secondary N) is 1. The molecule has 1 saturated heterocycles. The molecule has 1 fully saturated rings. The molecule has 17 heavy (non-hydrogen) atoms. The second-order valence-corrected chi connectivity index (χ2v) is 5.38. The molecule has 0 saturated carbocycles. The van der Waals surface area contributed by atoms with Gasteiger partial charge in [0.2, 0.25) is 5.91 Å². The van der Waals surface area contributed by atoms with Crippen molar-refractivity contribution in [3.8, 4) is 0 Å². The molecule has 0 bridgehead atoms. The Morgan fingerprint density at radius 1 is 1.47 bits per heavy atom.